The standard InChI is InChI=1S/C16H22F2N2O.ClH/c17-14-8-7-12(11-15(14)18)16(21)20-10-9-19-13-5-3-1-2-4-6-13;/h7-8,11,13,19H,1-6,9-10H2,(H,20,21);1H. The van der Waals surface area contributed by atoms with Crippen molar-refractivity contribution in [3.8, 4) is 0 Å². The maximum atomic E-state index is 13.0. The highest BCUT2D eigenvalue weighted by molar-refractivity contribution is 5.94. The van der Waals surface area contributed by atoms with E-state index in [1.165, 1.54) is 44.6 Å². The molecule has 0 spiro atoms. The molecule has 0 heterocycles. The van der Waals surface area contributed by atoms with E-state index in [2.05, 4.69) is 10.6 Å². The van der Waals surface area contributed by atoms with Crippen LogP contribution in [-0.4, -0.2) is 25.0 Å². The van der Waals surface area contributed by atoms with E-state index in [4.69, 9.17) is 0 Å². The quantitative estimate of drug-likeness (QED) is 0.640. The van der Waals surface area contributed by atoms with Gasteiger partial charge in [0.05, 0.1) is 0 Å². The van der Waals surface area contributed by atoms with Gasteiger partial charge in [0.1, 0.15) is 0 Å². The Kier molecular flexibility index (Phi) is 8.35. The van der Waals surface area contributed by atoms with E-state index in [-0.39, 0.29) is 23.9 Å². The van der Waals surface area contributed by atoms with Gasteiger partial charge in [-0.1, -0.05) is 25.7 Å². The third-order valence-electron chi connectivity index (χ3n) is 3.88. The van der Waals surface area contributed by atoms with Gasteiger partial charge in [-0.2, -0.15) is 0 Å². The van der Waals surface area contributed by atoms with Crippen LogP contribution in [0.25, 0.3) is 0 Å². The van der Waals surface area contributed by atoms with Crippen LogP contribution in [0.1, 0.15) is 48.9 Å². The summed E-state index contributed by atoms with van der Waals surface area (Å²) in [5.74, 6) is -2.32. The molecule has 0 aromatic heterocycles. The first kappa shape index (κ1) is 18.8. The van der Waals surface area contributed by atoms with Crippen LogP contribution in [0.15, 0.2) is 18.2 Å². The van der Waals surface area contributed by atoms with Gasteiger partial charge in [-0.15, -0.1) is 12.4 Å². The summed E-state index contributed by atoms with van der Waals surface area (Å²) in [5, 5.41) is 6.15. The smallest absolute Gasteiger partial charge is 0.251 e. The van der Waals surface area contributed by atoms with E-state index in [0.29, 0.717) is 19.1 Å². The molecular weight excluding hydrogens is 310 g/mol. The topological polar surface area (TPSA) is 41.1 Å². The minimum absolute atomic E-state index is 0. The summed E-state index contributed by atoms with van der Waals surface area (Å²) in [6.45, 7) is 1.18. The molecule has 1 saturated carbocycles. The molecule has 1 aliphatic rings. The molecule has 0 aliphatic heterocycles. The molecule has 0 saturated heterocycles. The zero-order valence-electron chi connectivity index (χ0n) is 12.5. The third-order valence-corrected chi connectivity index (χ3v) is 3.88. The molecule has 2 N–H and O–H groups in total. The fraction of sp³-hybridized carbons (Fsp3) is 0.562. The molecule has 2 rings (SSSR count). The Bertz CT molecular complexity index is 477. The van der Waals surface area contributed by atoms with E-state index in [9.17, 15) is 13.6 Å². The Hall–Kier alpha value is -1.20. The molecule has 22 heavy (non-hydrogen) atoms. The van der Waals surface area contributed by atoms with E-state index in [1.54, 1.807) is 0 Å². The van der Waals surface area contributed by atoms with E-state index in [0.717, 1.165) is 12.1 Å². The number of amides is 1. The average Bonchev–Trinajstić information content (AvgIpc) is 2.75. The second-order valence-electron chi connectivity index (χ2n) is 5.53. The SMILES string of the molecule is Cl.O=C(NCCNC1CCCCCC1)c1ccc(F)c(F)c1. The largest absolute Gasteiger partial charge is 0.351 e. The predicted molar refractivity (Wildman–Crippen MR) is 85.4 cm³/mol. The van der Waals surface area contributed by atoms with Gasteiger partial charge in [-0.3, -0.25) is 4.79 Å². The van der Waals surface area contributed by atoms with E-state index in [1.807, 2.05) is 0 Å². The van der Waals surface area contributed by atoms with Crippen LogP contribution in [0.5, 0.6) is 0 Å². The van der Waals surface area contributed by atoms with Crippen molar-refractivity contribution in [2.45, 2.75) is 44.6 Å². The lowest BCUT2D eigenvalue weighted by Crippen LogP contribution is -2.36. The molecule has 0 bridgehead atoms. The number of halogens is 3. The first-order chi connectivity index (χ1) is 10.2. The Labute approximate surface area is 136 Å². The summed E-state index contributed by atoms with van der Waals surface area (Å²) < 4.78 is 25.8. The minimum Gasteiger partial charge on any atom is -0.351 e. The number of rotatable bonds is 5. The number of benzene rings is 1. The molecule has 1 aliphatic carbocycles. The van der Waals surface area contributed by atoms with Crippen molar-refractivity contribution in [2.75, 3.05) is 13.1 Å². The summed E-state index contributed by atoms with van der Waals surface area (Å²) >= 11 is 0. The van der Waals surface area contributed by atoms with Crippen molar-refractivity contribution in [3.63, 3.8) is 0 Å². The Morgan fingerprint density at radius 3 is 2.36 bits per heavy atom. The highest BCUT2D eigenvalue weighted by Crippen LogP contribution is 2.16. The van der Waals surface area contributed by atoms with Crippen LogP contribution < -0.4 is 10.6 Å². The molecule has 1 amide bonds. The van der Waals surface area contributed by atoms with Gasteiger partial charge in [0.25, 0.3) is 5.91 Å². The summed E-state index contributed by atoms with van der Waals surface area (Å²) in [6.07, 6.45) is 7.53. The summed E-state index contributed by atoms with van der Waals surface area (Å²) in [5.41, 5.74) is 0.142. The van der Waals surface area contributed by atoms with Gasteiger partial charge >= 0.3 is 0 Å². The highest BCUT2D eigenvalue weighted by atomic mass is 35.5. The molecule has 6 heteroatoms. The molecular formula is C16H23ClF2N2O. The van der Waals surface area contributed by atoms with Crippen LogP contribution in [0, 0.1) is 11.6 Å². The fourth-order valence-corrected chi connectivity index (χ4v) is 2.68. The zero-order chi connectivity index (χ0) is 15.1. The Balaban J connectivity index is 0.00000242. The summed E-state index contributed by atoms with van der Waals surface area (Å²) in [4.78, 5) is 11.8. The zero-order valence-corrected chi connectivity index (χ0v) is 13.4. The minimum atomic E-state index is -1.00. The monoisotopic (exact) mass is 332 g/mol. The normalized spacial score (nSPS) is 15.7. The predicted octanol–water partition coefficient (Wildman–Crippen LogP) is 3.43. The van der Waals surface area contributed by atoms with Crippen LogP contribution in [-0.2, 0) is 0 Å². The van der Waals surface area contributed by atoms with Gasteiger partial charge in [-0.25, -0.2) is 8.78 Å². The van der Waals surface area contributed by atoms with Crippen LogP contribution in [0.2, 0.25) is 0 Å². The maximum absolute atomic E-state index is 13.0. The molecule has 124 valence electrons. The molecule has 0 unspecified atom stereocenters. The molecule has 1 aromatic carbocycles. The van der Waals surface area contributed by atoms with Gasteiger partial charge in [0, 0.05) is 24.7 Å². The van der Waals surface area contributed by atoms with Gasteiger partial charge in [0.15, 0.2) is 11.6 Å². The summed E-state index contributed by atoms with van der Waals surface area (Å²) in [7, 11) is 0. The van der Waals surface area contributed by atoms with Crippen molar-refractivity contribution < 1.29 is 13.6 Å². The lowest BCUT2D eigenvalue weighted by molar-refractivity contribution is 0.0953. The molecule has 0 radical (unpaired) electrons. The Morgan fingerprint density at radius 2 is 1.73 bits per heavy atom. The van der Waals surface area contributed by atoms with Crippen LogP contribution >= 0.6 is 12.4 Å². The second-order valence-corrected chi connectivity index (χ2v) is 5.53. The fourth-order valence-electron chi connectivity index (χ4n) is 2.68. The lowest BCUT2D eigenvalue weighted by atomic mass is 10.1. The molecule has 1 fully saturated rings. The van der Waals surface area contributed by atoms with Gasteiger partial charge < -0.3 is 10.6 Å². The first-order valence-electron chi connectivity index (χ1n) is 7.63. The van der Waals surface area contributed by atoms with Crippen molar-refractivity contribution >= 4 is 18.3 Å². The van der Waals surface area contributed by atoms with Crippen molar-refractivity contribution in [1.82, 2.24) is 10.6 Å². The number of carbonyl (C=O) groups is 1. The van der Waals surface area contributed by atoms with Crippen LogP contribution in [0.3, 0.4) is 0 Å². The number of nitrogens with one attached hydrogen (secondary N) is 2. The van der Waals surface area contributed by atoms with Crippen molar-refractivity contribution in [3.05, 3.63) is 35.4 Å². The molecule has 3 nitrogen and oxygen atoms in total. The van der Waals surface area contributed by atoms with E-state index >= 15 is 0 Å². The van der Waals surface area contributed by atoms with Crippen molar-refractivity contribution in [1.29, 1.82) is 0 Å². The molecule has 1 aromatic rings. The number of hydrogen-bond acceptors (Lipinski definition) is 2. The lowest BCUT2D eigenvalue weighted by Gasteiger charge is -2.16. The number of carbonyl (C=O) groups excluding carboxylic acids is 1. The third kappa shape index (κ3) is 5.89. The summed E-state index contributed by atoms with van der Waals surface area (Å²) in [6, 6.07) is 3.71. The number of hydrogen-bond donors (Lipinski definition) is 2. The van der Waals surface area contributed by atoms with Crippen LogP contribution in [0.4, 0.5) is 8.78 Å². The van der Waals surface area contributed by atoms with Gasteiger partial charge in [0.2, 0.25) is 0 Å². The maximum Gasteiger partial charge on any atom is 0.251 e. The highest BCUT2D eigenvalue weighted by Gasteiger charge is 2.12. The van der Waals surface area contributed by atoms with Gasteiger partial charge in [-0.05, 0) is 31.0 Å². The Morgan fingerprint density at radius 1 is 1.05 bits per heavy atom. The van der Waals surface area contributed by atoms with E-state index < -0.39 is 11.6 Å². The molecule has 0 atom stereocenters. The average molecular weight is 333 g/mol. The first-order valence-corrected chi connectivity index (χ1v) is 7.63. The van der Waals surface area contributed by atoms with Crippen molar-refractivity contribution in [2.24, 2.45) is 0 Å². The second kappa shape index (κ2) is 9.74.